The molecule has 2 atom stereocenters. The van der Waals surface area contributed by atoms with E-state index in [9.17, 15) is 14.4 Å². The van der Waals surface area contributed by atoms with Crippen molar-refractivity contribution in [2.75, 3.05) is 6.61 Å². The molecule has 0 amide bonds. The van der Waals surface area contributed by atoms with Gasteiger partial charge in [0.15, 0.2) is 23.4 Å². The zero-order valence-corrected chi connectivity index (χ0v) is 16.0. The first-order valence-electron chi connectivity index (χ1n) is 9.11. The summed E-state index contributed by atoms with van der Waals surface area (Å²) in [6.07, 6.45) is 4.57. The van der Waals surface area contributed by atoms with E-state index in [1.807, 2.05) is 32.0 Å². The zero-order chi connectivity index (χ0) is 19.4. The van der Waals surface area contributed by atoms with Crippen LogP contribution in [-0.4, -0.2) is 29.9 Å². The normalized spacial score (nSPS) is 25.2. The summed E-state index contributed by atoms with van der Waals surface area (Å²) in [5.41, 5.74) is -2.73. The van der Waals surface area contributed by atoms with E-state index in [2.05, 4.69) is 0 Å². The van der Waals surface area contributed by atoms with Crippen LogP contribution < -0.4 is 4.57 Å². The molecule has 6 nitrogen and oxygen atoms in total. The number of hydrogen-bond donors (Lipinski definition) is 0. The van der Waals surface area contributed by atoms with E-state index < -0.39 is 23.0 Å². The van der Waals surface area contributed by atoms with E-state index in [1.165, 1.54) is 0 Å². The third-order valence-electron chi connectivity index (χ3n) is 4.86. The van der Waals surface area contributed by atoms with E-state index in [4.69, 9.17) is 9.47 Å². The summed E-state index contributed by atoms with van der Waals surface area (Å²) in [6, 6.07) is 5.50. The summed E-state index contributed by atoms with van der Waals surface area (Å²) in [7, 11) is 0. The largest absolute Gasteiger partial charge is 0.465 e. The minimum Gasteiger partial charge on any atom is -0.465 e. The number of nitrogens with zero attached hydrogens (tertiary/aromatic N) is 1. The second-order valence-corrected chi connectivity index (χ2v) is 7.50. The number of Topliss-reactive ketones (excluding diaryl/α,β-unsaturated/α-hetero) is 1. The van der Waals surface area contributed by atoms with E-state index >= 15 is 0 Å². The van der Waals surface area contributed by atoms with Crippen LogP contribution in [0.15, 0.2) is 30.6 Å². The first-order valence-corrected chi connectivity index (χ1v) is 9.11. The molecule has 2 unspecified atom stereocenters. The molecule has 0 spiro atoms. The van der Waals surface area contributed by atoms with Crippen LogP contribution in [0.4, 0.5) is 0 Å². The van der Waals surface area contributed by atoms with Gasteiger partial charge < -0.3 is 9.47 Å². The summed E-state index contributed by atoms with van der Waals surface area (Å²) in [5.74, 6) is -1.16. The molecule has 1 aromatic heterocycles. The van der Waals surface area contributed by atoms with Crippen LogP contribution in [-0.2, 0) is 30.4 Å². The van der Waals surface area contributed by atoms with E-state index in [1.54, 1.807) is 30.8 Å². The number of ketones is 1. The summed E-state index contributed by atoms with van der Waals surface area (Å²) < 4.78 is 12.4. The van der Waals surface area contributed by atoms with Crippen LogP contribution in [0.5, 0.6) is 0 Å². The predicted octanol–water partition coefficient (Wildman–Crippen LogP) is 2.23. The number of ether oxygens (including phenoxy) is 2. The second kappa shape index (κ2) is 7.98. The fraction of sp³-hybridized carbons (Fsp3) is 0.600. The Morgan fingerprint density at radius 1 is 1.27 bits per heavy atom. The maximum Gasteiger partial charge on any atom is 0.324 e. The molecule has 0 N–H and O–H groups in total. The highest BCUT2D eigenvalue weighted by molar-refractivity contribution is 6.05. The third-order valence-corrected chi connectivity index (χ3v) is 4.86. The molecule has 0 aromatic carbocycles. The monoisotopic (exact) mass is 362 g/mol. The molecular formula is C20H28NO5+. The van der Waals surface area contributed by atoms with Gasteiger partial charge in [0.25, 0.3) is 0 Å². The molecule has 1 aliphatic heterocycles. The van der Waals surface area contributed by atoms with Gasteiger partial charge in [0.05, 0.1) is 6.61 Å². The average Bonchev–Trinajstić information content (AvgIpc) is 2.87. The Morgan fingerprint density at radius 2 is 1.92 bits per heavy atom. The maximum absolute atomic E-state index is 12.8. The van der Waals surface area contributed by atoms with Crippen molar-refractivity contribution in [1.29, 1.82) is 0 Å². The van der Waals surface area contributed by atoms with Crippen molar-refractivity contribution in [2.45, 2.75) is 59.1 Å². The van der Waals surface area contributed by atoms with Crippen LogP contribution in [0, 0.1) is 11.3 Å². The molecule has 0 saturated carbocycles. The third kappa shape index (κ3) is 4.11. The van der Waals surface area contributed by atoms with Gasteiger partial charge >= 0.3 is 11.9 Å². The Balaban J connectivity index is 2.25. The van der Waals surface area contributed by atoms with Gasteiger partial charge in [-0.3, -0.25) is 14.4 Å². The number of cyclic esters (lactones) is 1. The number of carbonyl (C=O) groups is 3. The van der Waals surface area contributed by atoms with Crippen molar-refractivity contribution in [3.63, 3.8) is 0 Å². The highest BCUT2D eigenvalue weighted by Gasteiger charge is 2.62. The number of carbonyl (C=O) groups excluding carboxylic acids is 3. The standard InChI is InChI=1S/C20H28NO5/c1-5-25-17(23)20(10-9-15(2)3)14-19(4,26-18(20)24)16(22)13-21-11-7-6-8-12-21/h6-8,11-12,15H,5,9-10,13-14H2,1-4H3/q+1. The van der Waals surface area contributed by atoms with Gasteiger partial charge in [0.2, 0.25) is 12.3 Å². The fourth-order valence-electron chi connectivity index (χ4n) is 3.27. The first kappa shape index (κ1) is 20.1. The maximum atomic E-state index is 12.8. The molecule has 26 heavy (non-hydrogen) atoms. The average molecular weight is 362 g/mol. The van der Waals surface area contributed by atoms with Gasteiger partial charge in [-0.15, -0.1) is 0 Å². The van der Waals surface area contributed by atoms with Gasteiger partial charge in [0.1, 0.15) is 0 Å². The lowest BCUT2D eigenvalue weighted by molar-refractivity contribution is -0.684. The predicted molar refractivity (Wildman–Crippen MR) is 93.9 cm³/mol. The van der Waals surface area contributed by atoms with Crippen LogP contribution in [0.2, 0.25) is 0 Å². The summed E-state index contributed by atoms with van der Waals surface area (Å²) in [6.45, 7) is 7.59. The topological polar surface area (TPSA) is 73.6 Å². The molecule has 0 aliphatic carbocycles. The van der Waals surface area contributed by atoms with Crippen LogP contribution >= 0.6 is 0 Å². The van der Waals surface area contributed by atoms with Crippen molar-refractivity contribution >= 4 is 17.7 Å². The molecule has 2 rings (SSSR count). The number of rotatable bonds is 8. The van der Waals surface area contributed by atoms with Crippen molar-refractivity contribution in [3.05, 3.63) is 30.6 Å². The van der Waals surface area contributed by atoms with Gasteiger partial charge in [-0.1, -0.05) is 19.9 Å². The SMILES string of the molecule is CCOC(=O)C1(CCC(C)C)CC(C)(C(=O)C[n+]2ccccc2)OC1=O. The van der Waals surface area contributed by atoms with Gasteiger partial charge in [0, 0.05) is 18.6 Å². The number of aromatic nitrogens is 1. The lowest BCUT2D eigenvalue weighted by atomic mass is 9.75. The molecule has 1 aromatic rings. The highest BCUT2D eigenvalue weighted by Crippen LogP contribution is 2.46. The van der Waals surface area contributed by atoms with Gasteiger partial charge in [-0.05, 0) is 32.6 Å². The number of hydrogen-bond acceptors (Lipinski definition) is 5. The Morgan fingerprint density at radius 3 is 2.50 bits per heavy atom. The molecule has 0 radical (unpaired) electrons. The zero-order valence-electron chi connectivity index (χ0n) is 16.0. The van der Waals surface area contributed by atoms with Crippen molar-refractivity contribution in [1.82, 2.24) is 0 Å². The molecular weight excluding hydrogens is 334 g/mol. The minimum atomic E-state index is -1.40. The lowest BCUT2D eigenvalue weighted by Gasteiger charge is -2.24. The molecule has 142 valence electrons. The number of esters is 2. The molecule has 1 aliphatic rings. The lowest BCUT2D eigenvalue weighted by Crippen LogP contribution is -2.47. The van der Waals surface area contributed by atoms with Crippen molar-refractivity contribution in [3.8, 4) is 0 Å². The molecule has 6 heteroatoms. The Bertz CT molecular complexity index is 672. The van der Waals surface area contributed by atoms with Crippen molar-refractivity contribution < 1.29 is 28.4 Å². The van der Waals surface area contributed by atoms with E-state index in [0.717, 1.165) is 0 Å². The van der Waals surface area contributed by atoms with E-state index in [0.29, 0.717) is 18.8 Å². The van der Waals surface area contributed by atoms with Gasteiger partial charge in [-0.25, -0.2) is 0 Å². The highest BCUT2D eigenvalue weighted by atomic mass is 16.6. The summed E-state index contributed by atoms with van der Waals surface area (Å²) in [5, 5.41) is 0. The molecule has 1 saturated heterocycles. The van der Waals surface area contributed by atoms with Crippen molar-refractivity contribution in [2.24, 2.45) is 11.3 Å². The van der Waals surface area contributed by atoms with Crippen LogP contribution in [0.25, 0.3) is 0 Å². The molecule has 1 fully saturated rings. The summed E-state index contributed by atoms with van der Waals surface area (Å²) in [4.78, 5) is 38.2. The number of pyridine rings is 1. The first-order chi connectivity index (χ1) is 12.2. The Kier molecular flexibility index (Phi) is 6.16. The Hall–Kier alpha value is -2.24. The molecule has 2 heterocycles. The fourth-order valence-corrected chi connectivity index (χ4v) is 3.27. The smallest absolute Gasteiger partial charge is 0.324 e. The Labute approximate surface area is 154 Å². The second-order valence-electron chi connectivity index (χ2n) is 7.50. The molecule has 0 bridgehead atoms. The minimum absolute atomic E-state index is 0.0244. The quantitative estimate of drug-likeness (QED) is 0.403. The van der Waals surface area contributed by atoms with Crippen LogP contribution in [0.3, 0.4) is 0 Å². The van der Waals surface area contributed by atoms with Crippen LogP contribution in [0.1, 0.15) is 47.0 Å². The summed E-state index contributed by atoms with van der Waals surface area (Å²) >= 11 is 0. The van der Waals surface area contributed by atoms with Gasteiger partial charge in [-0.2, -0.15) is 4.57 Å². The van der Waals surface area contributed by atoms with E-state index in [-0.39, 0.29) is 25.4 Å².